The molecular formula is C17H15ClN2O3. The number of halogens is 1. The lowest BCUT2D eigenvalue weighted by Crippen LogP contribution is -2.23. The lowest BCUT2D eigenvalue weighted by atomic mass is 10.1. The molecule has 0 atom stereocenters. The first-order chi connectivity index (χ1) is 11.1. The van der Waals surface area contributed by atoms with Gasteiger partial charge in [-0.3, -0.25) is 4.79 Å². The van der Waals surface area contributed by atoms with Crippen molar-refractivity contribution in [1.82, 2.24) is 5.32 Å². The number of hydrogen-bond donors (Lipinski definition) is 1. The van der Waals surface area contributed by atoms with Crippen molar-refractivity contribution in [2.45, 2.75) is 13.5 Å². The Morgan fingerprint density at radius 2 is 2.30 bits per heavy atom. The zero-order chi connectivity index (χ0) is 16.7. The molecule has 118 valence electrons. The summed E-state index contributed by atoms with van der Waals surface area (Å²) in [5.41, 5.74) is 0.625. The van der Waals surface area contributed by atoms with Crippen molar-refractivity contribution < 1.29 is 13.9 Å². The predicted octanol–water partition coefficient (Wildman–Crippen LogP) is 3.56. The summed E-state index contributed by atoms with van der Waals surface area (Å²) in [5.74, 6) is 0.695. The second kappa shape index (κ2) is 8.06. The third-order valence-electron chi connectivity index (χ3n) is 2.94. The summed E-state index contributed by atoms with van der Waals surface area (Å²) >= 11 is 6.09. The first-order valence-corrected chi connectivity index (χ1v) is 7.36. The number of nitrogens with zero attached hydrogens (tertiary/aromatic N) is 1. The number of amides is 1. The highest BCUT2D eigenvalue weighted by Gasteiger charge is 2.10. The second-order valence-corrected chi connectivity index (χ2v) is 4.96. The van der Waals surface area contributed by atoms with Gasteiger partial charge in [-0.2, -0.15) is 5.26 Å². The number of hydrogen-bond acceptors (Lipinski definition) is 4. The van der Waals surface area contributed by atoms with E-state index in [4.69, 9.17) is 26.0 Å². The van der Waals surface area contributed by atoms with E-state index in [0.717, 1.165) is 0 Å². The molecule has 5 nitrogen and oxygen atoms in total. The quantitative estimate of drug-likeness (QED) is 0.649. The molecule has 0 aliphatic carbocycles. The van der Waals surface area contributed by atoms with Gasteiger partial charge in [-0.05, 0) is 42.8 Å². The van der Waals surface area contributed by atoms with Crippen LogP contribution in [0, 0.1) is 11.3 Å². The van der Waals surface area contributed by atoms with E-state index in [9.17, 15) is 4.79 Å². The number of ether oxygens (including phenoxy) is 1. The Kier molecular flexibility index (Phi) is 5.84. The van der Waals surface area contributed by atoms with Crippen LogP contribution in [0.1, 0.15) is 18.2 Å². The first-order valence-electron chi connectivity index (χ1n) is 6.98. The van der Waals surface area contributed by atoms with E-state index in [1.54, 1.807) is 30.3 Å². The van der Waals surface area contributed by atoms with Gasteiger partial charge in [0.2, 0.25) is 0 Å². The summed E-state index contributed by atoms with van der Waals surface area (Å²) < 4.78 is 10.5. The number of rotatable bonds is 6. The smallest absolute Gasteiger partial charge is 0.262 e. The summed E-state index contributed by atoms with van der Waals surface area (Å²) in [6.07, 6.45) is 2.99. The summed E-state index contributed by atoms with van der Waals surface area (Å²) in [7, 11) is 0. The van der Waals surface area contributed by atoms with E-state index in [1.165, 1.54) is 12.3 Å². The van der Waals surface area contributed by atoms with Crippen LogP contribution in [0.4, 0.5) is 0 Å². The first kappa shape index (κ1) is 16.7. The Labute approximate surface area is 139 Å². The van der Waals surface area contributed by atoms with Crippen LogP contribution in [0.5, 0.6) is 5.75 Å². The topological polar surface area (TPSA) is 75.3 Å². The maximum atomic E-state index is 12.0. The van der Waals surface area contributed by atoms with Crippen LogP contribution >= 0.6 is 11.6 Å². The van der Waals surface area contributed by atoms with Gasteiger partial charge in [0, 0.05) is 0 Å². The normalized spacial score (nSPS) is 10.9. The maximum Gasteiger partial charge on any atom is 0.262 e. The molecule has 1 heterocycles. The van der Waals surface area contributed by atoms with Gasteiger partial charge >= 0.3 is 0 Å². The number of benzene rings is 1. The van der Waals surface area contributed by atoms with Crippen molar-refractivity contribution in [1.29, 1.82) is 5.26 Å². The van der Waals surface area contributed by atoms with E-state index in [0.29, 0.717) is 28.7 Å². The highest BCUT2D eigenvalue weighted by atomic mass is 35.5. The highest BCUT2D eigenvalue weighted by Crippen LogP contribution is 2.26. The van der Waals surface area contributed by atoms with Crippen LogP contribution in [0.15, 0.2) is 46.6 Å². The molecular weight excluding hydrogens is 316 g/mol. The van der Waals surface area contributed by atoms with Crippen molar-refractivity contribution in [3.63, 3.8) is 0 Å². The van der Waals surface area contributed by atoms with Crippen molar-refractivity contribution in [2.75, 3.05) is 6.61 Å². The number of carbonyl (C=O) groups excluding carboxylic acids is 1. The molecule has 2 rings (SSSR count). The Morgan fingerprint density at radius 1 is 1.48 bits per heavy atom. The summed E-state index contributed by atoms with van der Waals surface area (Å²) in [5, 5.41) is 12.2. The molecule has 0 spiro atoms. The van der Waals surface area contributed by atoms with Crippen LogP contribution in [-0.2, 0) is 11.3 Å². The molecule has 0 fully saturated rings. The monoisotopic (exact) mass is 330 g/mol. The zero-order valence-electron chi connectivity index (χ0n) is 12.5. The average molecular weight is 331 g/mol. The predicted molar refractivity (Wildman–Crippen MR) is 86.8 cm³/mol. The average Bonchev–Trinajstić information content (AvgIpc) is 3.06. The third kappa shape index (κ3) is 4.63. The molecule has 1 aromatic heterocycles. The van der Waals surface area contributed by atoms with Gasteiger partial charge in [-0.15, -0.1) is 0 Å². The molecule has 1 aromatic carbocycles. The van der Waals surface area contributed by atoms with Crippen LogP contribution in [0.2, 0.25) is 5.02 Å². The Bertz CT molecular complexity index is 746. The molecule has 0 bridgehead atoms. The van der Waals surface area contributed by atoms with Crippen LogP contribution in [-0.4, -0.2) is 12.5 Å². The summed E-state index contributed by atoms with van der Waals surface area (Å²) in [6.45, 7) is 2.59. The van der Waals surface area contributed by atoms with E-state index < -0.39 is 5.91 Å². The molecule has 23 heavy (non-hydrogen) atoms. The van der Waals surface area contributed by atoms with E-state index in [1.807, 2.05) is 13.0 Å². The molecule has 1 N–H and O–H groups in total. The van der Waals surface area contributed by atoms with Gasteiger partial charge in [0.05, 0.1) is 24.4 Å². The molecule has 1 amide bonds. The molecule has 0 radical (unpaired) electrons. The Hall–Kier alpha value is -2.71. The van der Waals surface area contributed by atoms with Gasteiger partial charge in [0.25, 0.3) is 5.91 Å². The van der Waals surface area contributed by atoms with E-state index in [-0.39, 0.29) is 12.1 Å². The largest absolute Gasteiger partial charge is 0.492 e. The molecule has 0 saturated heterocycles. The molecule has 0 saturated carbocycles. The van der Waals surface area contributed by atoms with Gasteiger partial charge in [0.1, 0.15) is 23.2 Å². The minimum Gasteiger partial charge on any atom is -0.492 e. The molecule has 0 aliphatic rings. The van der Waals surface area contributed by atoms with Crippen LogP contribution in [0.25, 0.3) is 6.08 Å². The van der Waals surface area contributed by atoms with Crippen LogP contribution < -0.4 is 10.1 Å². The highest BCUT2D eigenvalue weighted by molar-refractivity contribution is 6.32. The van der Waals surface area contributed by atoms with Crippen molar-refractivity contribution >= 4 is 23.6 Å². The third-order valence-corrected chi connectivity index (χ3v) is 3.23. The lowest BCUT2D eigenvalue weighted by molar-refractivity contribution is -0.117. The van der Waals surface area contributed by atoms with Gasteiger partial charge in [0.15, 0.2) is 0 Å². The number of carbonyl (C=O) groups is 1. The minimum atomic E-state index is -0.478. The number of furan rings is 1. The molecule has 0 aliphatic heterocycles. The standard InChI is InChI=1S/C17H15ClN2O3/c1-2-22-16-6-5-12(9-15(16)18)8-13(10-19)17(21)20-11-14-4-3-7-23-14/h3-9H,2,11H2,1H3,(H,20,21)/b13-8+. The zero-order valence-corrected chi connectivity index (χ0v) is 13.3. The van der Waals surface area contributed by atoms with Crippen LogP contribution in [0.3, 0.4) is 0 Å². The molecule has 2 aromatic rings. The van der Waals surface area contributed by atoms with Gasteiger partial charge in [-0.1, -0.05) is 17.7 Å². The van der Waals surface area contributed by atoms with Crippen molar-refractivity contribution in [3.05, 3.63) is 58.5 Å². The van der Waals surface area contributed by atoms with Gasteiger partial charge < -0.3 is 14.5 Å². The Morgan fingerprint density at radius 3 is 2.91 bits per heavy atom. The fourth-order valence-corrected chi connectivity index (χ4v) is 2.11. The maximum absolute atomic E-state index is 12.0. The number of nitrogens with one attached hydrogen (secondary N) is 1. The number of nitriles is 1. The SMILES string of the molecule is CCOc1ccc(/C=C(\C#N)C(=O)NCc2ccco2)cc1Cl. The molecule has 6 heteroatoms. The second-order valence-electron chi connectivity index (χ2n) is 4.55. The summed E-state index contributed by atoms with van der Waals surface area (Å²) in [4.78, 5) is 12.0. The van der Waals surface area contributed by atoms with Crippen molar-refractivity contribution in [2.24, 2.45) is 0 Å². The van der Waals surface area contributed by atoms with Gasteiger partial charge in [-0.25, -0.2) is 0 Å². The Balaban J connectivity index is 2.10. The van der Waals surface area contributed by atoms with E-state index in [2.05, 4.69) is 5.32 Å². The van der Waals surface area contributed by atoms with E-state index >= 15 is 0 Å². The fraction of sp³-hybridized carbons (Fsp3) is 0.176. The summed E-state index contributed by atoms with van der Waals surface area (Å²) in [6, 6.07) is 10.4. The molecule has 0 unspecified atom stereocenters. The lowest BCUT2D eigenvalue weighted by Gasteiger charge is -2.06. The van der Waals surface area contributed by atoms with Crippen molar-refractivity contribution in [3.8, 4) is 11.8 Å². The minimum absolute atomic E-state index is 0.0169. The fourth-order valence-electron chi connectivity index (χ4n) is 1.87.